The maximum Gasteiger partial charge on any atom is 0.255 e. The molecular weight excluding hydrogens is 440 g/mol. The first kappa shape index (κ1) is 24.5. The van der Waals surface area contributed by atoms with Gasteiger partial charge in [0.05, 0.1) is 0 Å². The molecule has 0 unspecified atom stereocenters. The summed E-state index contributed by atoms with van der Waals surface area (Å²) in [6.45, 7) is 5.17. The fraction of sp³-hybridized carbons (Fsp3) is 0.333. The Morgan fingerprint density at radius 3 is 2.66 bits per heavy atom. The van der Waals surface area contributed by atoms with E-state index in [0.29, 0.717) is 23.7 Å². The van der Waals surface area contributed by atoms with Crippen molar-refractivity contribution in [3.05, 3.63) is 77.5 Å². The molecule has 0 radical (unpaired) electrons. The van der Waals surface area contributed by atoms with Gasteiger partial charge in [-0.1, -0.05) is 12.1 Å². The molecule has 8 heteroatoms. The summed E-state index contributed by atoms with van der Waals surface area (Å²) < 4.78 is 6.08. The highest BCUT2D eigenvalue weighted by Gasteiger charge is 2.14. The van der Waals surface area contributed by atoms with Crippen LogP contribution >= 0.6 is 0 Å². The lowest BCUT2D eigenvalue weighted by Gasteiger charge is -2.27. The van der Waals surface area contributed by atoms with E-state index in [1.54, 1.807) is 6.20 Å². The summed E-state index contributed by atoms with van der Waals surface area (Å²) >= 11 is 0. The molecule has 0 atom stereocenters. The number of piperazine rings is 1. The Hall–Kier alpha value is -3.62. The number of hydrogen-bond acceptors (Lipinski definition) is 7. The predicted octanol–water partition coefficient (Wildman–Crippen LogP) is 3.43. The Labute approximate surface area is 207 Å². The zero-order valence-corrected chi connectivity index (χ0v) is 20.7. The van der Waals surface area contributed by atoms with E-state index in [4.69, 9.17) is 4.74 Å². The van der Waals surface area contributed by atoms with Gasteiger partial charge in [0.15, 0.2) is 11.6 Å². The number of aromatic nitrogens is 1. The Bertz CT molecular complexity index is 1140. The van der Waals surface area contributed by atoms with Crippen LogP contribution in [0.25, 0.3) is 0 Å². The first-order valence-corrected chi connectivity index (χ1v) is 11.9. The Morgan fingerprint density at radius 2 is 1.89 bits per heavy atom. The molecule has 35 heavy (non-hydrogen) atoms. The zero-order valence-electron chi connectivity index (χ0n) is 20.7. The molecule has 1 aliphatic heterocycles. The Kier molecular flexibility index (Phi) is 8.18. The highest BCUT2D eigenvalue weighted by Crippen LogP contribution is 2.24. The number of nitrogens with one attached hydrogen (secondary N) is 3. The van der Waals surface area contributed by atoms with Gasteiger partial charge in [-0.05, 0) is 53.6 Å². The fourth-order valence-electron chi connectivity index (χ4n) is 4.12. The summed E-state index contributed by atoms with van der Waals surface area (Å²) in [5, 5.41) is 9.55. The monoisotopic (exact) mass is 474 g/mol. The standard InChI is InChI=1S/C27H34N6O2/c1-28-26-25(8-5-9-30-26)35-19-21-14-20(18-33-12-10-29-11-13-33)15-23(16-21)31-27(34)22-6-4-7-24(17-22)32(2)3/h4-9,14-17,29H,10-13,18-19H2,1-3H3,(H,28,30)(H,31,34). The van der Waals surface area contributed by atoms with E-state index >= 15 is 0 Å². The van der Waals surface area contributed by atoms with Gasteiger partial charge in [-0.25, -0.2) is 4.98 Å². The van der Waals surface area contributed by atoms with E-state index in [9.17, 15) is 4.79 Å². The van der Waals surface area contributed by atoms with Crippen molar-refractivity contribution in [3.63, 3.8) is 0 Å². The van der Waals surface area contributed by atoms with Crippen LogP contribution in [0.5, 0.6) is 5.75 Å². The summed E-state index contributed by atoms with van der Waals surface area (Å²) in [7, 11) is 5.75. The Balaban J connectivity index is 1.55. The lowest BCUT2D eigenvalue weighted by atomic mass is 10.1. The molecule has 2 aromatic carbocycles. The van der Waals surface area contributed by atoms with Gasteiger partial charge in [0.1, 0.15) is 6.61 Å². The molecule has 4 rings (SSSR count). The smallest absolute Gasteiger partial charge is 0.255 e. The second-order valence-electron chi connectivity index (χ2n) is 8.85. The van der Waals surface area contributed by atoms with Gasteiger partial charge in [-0.3, -0.25) is 9.69 Å². The van der Waals surface area contributed by atoms with Crippen molar-refractivity contribution in [1.29, 1.82) is 0 Å². The predicted molar refractivity (Wildman–Crippen MR) is 141 cm³/mol. The van der Waals surface area contributed by atoms with E-state index < -0.39 is 0 Å². The van der Waals surface area contributed by atoms with Gasteiger partial charge in [-0.15, -0.1) is 0 Å². The number of carbonyl (C=O) groups excluding carboxylic acids is 1. The minimum Gasteiger partial charge on any atom is -0.485 e. The van der Waals surface area contributed by atoms with E-state index in [2.05, 4.69) is 38.0 Å². The van der Waals surface area contributed by atoms with Crippen LogP contribution in [0.4, 0.5) is 17.2 Å². The van der Waals surface area contributed by atoms with Crippen LogP contribution in [0.3, 0.4) is 0 Å². The number of rotatable bonds is 9. The minimum atomic E-state index is -0.135. The van der Waals surface area contributed by atoms with Crippen molar-refractivity contribution in [3.8, 4) is 5.75 Å². The van der Waals surface area contributed by atoms with Crippen LogP contribution in [-0.4, -0.2) is 63.1 Å². The normalized spacial score (nSPS) is 13.8. The highest BCUT2D eigenvalue weighted by molar-refractivity contribution is 6.04. The third-order valence-corrected chi connectivity index (χ3v) is 5.95. The largest absolute Gasteiger partial charge is 0.485 e. The molecule has 0 spiro atoms. The fourth-order valence-corrected chi connectivity index (χ4v) is 4.12. The lowest BCUT2D eigenvalue weighted by molar-refractivity contribution is 0.102. The number of amides is 1. The van der Waals surface area contributed by atoms with Crippen LogP contribution in [0.15, 0.2) is 60.8 Å². The summed E-state index contributed by atoms with van der Waals surface area (Å²) in [4.78, 5) is 21.8. The molecule has 1 fully saturated rings. The lowest BCUT2D eigenvalue weighted by Crippen LogP contribution is -2.42. The molecule has 1 aromatic heterocycles. The number of ether oxygens (including phenoxy) is 1. The quantitative estimate of drug-likeness (QED) is 0.438. The first-order valence-electron chi connectivity index (χ1n) is 11.9. The number of nitrogens with zero attached hydrogens (tertiary/aromatic N) is 3. The Morgan fingerprint density at radius 1 is 1.09 bits per heavy atom. The van der Waals surface area contributed by atoms with E-state index in [1.165, 1.54) is 0 Å². The van der Waals surface area contributed by atoms with Crippen LogP contribution < -0.4 is 25.6 Å². The van der Waals surface area contributed by atoms with E-state index in [-0.39, 0.29) is 5.91 Å². The number of pyridine rings is 1. The van der Waals surface area contributed by atoms with Gasteiger partial charge < -0.3 is 25.6 Å². The second-order valence-corrected chi connectivity index (χ2v) is 8.85. The average molecular weight is 475 g/mol. The van der Waals surface area contributed by atoms with Crippen LogP contribution in [0, 0.1) is 0 Å². The molecule has 0 saturated carbocycles. The van der Waals surface area contributed by atoms with Crippen LogP contribution in [0.1, 0.15) is 21.5 Å². The minimum absolute atomic E-state index is 0.135. The number of anilines is 3. The van der Waals surface area contributed by atoms with Gasteiger partial charge >= 0.3 is 0 Å². The summed E-state index contributed by atoms with van der Waals surface area (Å²) in [5.74, 6) is 1.25. The van der Waals surface area contributed by atoms with Gasteiger partial charge in [0.25, 0.3) is 5.91 Å². The molecule has 1 amide bonds. The van der Waals surface area contributed by atoms with Crippen molar-refractivity contribution in [2.75, 3.05) is 62.9 Å². The van der Waals surface area contributed by atoms with Gasteiger partial charge in [-0.2, -0.15) is 0 Å². The van der Waals surface area contributed by atoms with Crippen molar-refractivity contribution >= 4 is 23.1 Å². The number of carbonyl (C=O) groups is 1. The molecule has 0 aliphatic carbocycles. The van der Waals surface area contributed by atoms with Crippen molar-refractivity contribution in [1.82, 2.24) is 15.2 Å². The van der Waals surface area contributed by atoms with Crippen LogP contribution in [-0.2, 0) is 13.2 Å². The molecule has 1 saturated heterocycles. The first-order chi connectivity index (χ1) is 17.0. The topological polar surface area (TPSA) is 81.8 Å². The maximum absolute atomic E-state index is 13.1. The number of hydrogen-bond donors (Lipinski definition) is 3. The molecule has 1 aliphatic rings. The van der Waals surface area contributed by atoms with Crippen LogP contribution in [0.2, 0.25) is 0 Å². The van der Waals surface area contributed by atoms with Crippen molar-refractivity contribution in [2.24, 2.45) is 0 Å². The average Bonchev–Trinajstić information content (AvgIpc) is 2.88. The third kappa shape index (κ3) is 6.71. The highest BCUT2D eigenvalue weighted by atomic mass is 16.5. The van der Waals surface area contributed by atoms with E-state index in [1.807, 2.05) is 68.5 Å². The summed E-state index contributed by atoms with van der Waals surface area (Å²) in [6.07, 6.45) is 1.73. The van der Waals surface area contributed by atoms with Gasteiger partial charge in [0, 0.05) is 77.0 Å². The molecule has 3 aromatic rings. The van der Waals surface area contributed by atoms with E-state index in [0.717, 1.165) is 55.2 Å². The van der Waals surface area contributed by atoms with Crippen molar-refractivity contribution in [2.45, 2.75) is 13.2 Å². The molecule has 8 nitrogen and oxygen atoms in total. The van der Waals surface area contributed by atoms with Crippen molar-refractivity contribution < 1.29 is 9.53 Å². The molecule has 3 N–H and O–H groups in total. The maximum atomic E-state index is 13.1. The van der Waals surface area contributed by atoms with Gasteiger partial charge in [0.2, 0.25) is 0 Å². The zero-order chi connectivity index (χ0) is 24.6. The summed E-state index contributed by atoms with van der Waals surface area (Å²) in [5.41, 5.74) is 4.49. The molecular formula is C27H34N6O2. The number of benzene rings is 2. The SMILES string of the molecule is CNc1ncccc1OCc1cc(CN2CCNCC2)cc(NC(=O)c2cccc(N(C)C)c2)c1. The molecule has 2 heterocycles. The molecule has 184 valence electrons. The third-order valence-electron chi connectivity index (χ3n) is 5.95. The summed E-state index contributed by atoms with van der Waals surface area (Å²) in [6, 6.07) is 17.5. The molecule has 0 bridgehead atoms. The second kappa shape index (κ2) is 11.7.